The van der Waals surface area contributed by atoms with Crippen molar-refractivity contribution in [1.82, 2.24) is 15.5 Å². The summed E-state index contributed by atoms with van der Waals surface area (Å²) in [7, 11) is 2.00. The second-order valence-electron chi connectivity index (χ2n) is 5.53. The number of guanidine groups is 1. The normalized spacial score (nSPS) is 10.7. The third kappa shape index (κ3) is 9.75. The van der Waals surface area contributed by atoms with Crippen LogP contribution >= 0.6 is 24.0 Å². The van der Waals surface area contributed by atoms with Crippen LogP contribution in [0.15, 0.2) is 35.3 Å². The molecular formula is C18H31IN4O. The molecule has 136 valence electrons. The molecule has 0 aliphatic rings. The van der Waals surface area contributed by atoms with Crippen LogP contribution in [0.3, 0.4) is 0 Å². The number of halogens is 1. The van der Waals surface area contributed by atoms with Crippen molar-refractivity contribution >= 4 is 35.8 Å². The molecule has 0 spiro atoms. The highest BCUT2D eigenvalue weighted by Crippen LogP contribution is 1.98. The van der Waals surface area contributed by atoms with E-state index >= 15 is 0 Å². The van der Waals surface area contributed by atoms with Crippen molar-refractivity contribution in [3.8, 4) is 0 Å². The Morgan fingerprint density at radius 3 is 2.50 bits per heavy atom. The highest BCUT2D eigenvalue weighted by Gasteiger charge is 2.06. The topological polar surface area (TPSA) is 56.7 Å². The standard InChI is InChI=1S/C18H30N4O.HI/c1-4-6-14-22(3)18(19-5-2)21-15-17(23)20-13-12-16-10-8-7-9-11-16;/h7-11H,4-6,12-15H2,1-3H3,(H,19,21)(H,20,23);1H. The van der Waals surface area contributed by atoms with Crippen LogP contribution in [-0.4, -0.2) is 50.0 Å². The molecule has 0 bridgehead atoms. The van der Waals surface area contributed by atoms with Crippen LogP contribution in [0, 0.1) is 0 Å². The number of carbonyl (C=O) groups is 1. The zero-order valence-electron chi connectivity index (χ0n) is 15.0. The molecule has 0 atom stereocenters. The summed E-state index contributed by atoms with van der Waals surface area (Å²) < 4.78 is 0. The average molecular weight is 446 g/mol. The number of carbonyl (C=O) groups excluding carboxylic acids is 1. The van der Waals surface area contributed by atoms with Crippen LogP contribution in [0.25, 0.3) is 0 Å². The Labute approximate surface area is 163 Å². The van der Waals surface area contributed by atoms with Gasteiger partial charge in [0.05, 0.1) is 0 Å². The van der Waals surface area contributed by atoms with Gasteiger partial charge in [-0.25, -0.2) is 4.99 Å². The van der Waals surface area contributed by atoms with E-state index in [1.807, 2.05) is 32.2 Å². The molecule has 1 rings (SSSR count). The van der Waals surface area contributed by atoms with Crippen LogP contribution in [-0.2, 0) is 11.2 Å². The van der Waals surface area contributed by atoms with Gasteiger partial charge in [0.15, 0.2) is 5.96 Å². The second kappa shape index (κ2) is 14.1. The number of aliphatic imine (C=N–C) groups is 1. The predicted octanol–water partition coefficient (Wildman–Crippen LogP) is 2.66. The number of benzene rings is 1. The Bertz CT molecular complexity index is 479. The molecule has 1 aromatic carbocycles. The largest absolute Gasteiger partial charge is 0.357 e. The SMILES string of the molecule is CCCCN(C)C(=NCC(=O)NCCc1ccccc1)NCC.I. The Kier molecular flexibility index (Phi) is 13.3. The average Bonchev–Trinajstić information content (AvgIpc) is 2.57. The summed E-state index contributed by atoms with van der Waals surface area (Å²) in [5.74, 6) is 0.749. The van der Waals surface area contributed by atoms with Crippen molar-refractivity contribution in [3.63, 3.8) is 0 Å². The number of nitrogens with one attached hydrogen (secondary N) is 2. The summed E-state index contributed by atoms with van der Waals surface area (Å²) in [5, 5.41) is 6.14. The zero-order valence-corrected chi connectivity index (χ0v) is 17.4. The molecular weight excluding hydrogens is 415 g/mol. The monoisotopic (exact) mass is 446 g/mol. The first-order chi connectivity index (χ1) is 11.2. The highest BCUT2D eigenvalue weighted by molar-refractivity contribution is 14.0. The maximum Gasteiger partial charge on any atom is 0.241 e. The van der Waals surface area contributed by atoms with E-state index in [2.05, 4.69) is 39.6 Å². The van der Waals surface area contributed by atoms with Gasteiger partial charge in [0.25, 0.3) is 0 Å². The van der Waals surface area contributed by atoms with E-state index < -0.39 is 0 Å². The number of nitrogens with zero attached hydrogens (tertiary/aromatic N) is 2. The second-order valence-corrected chi connectivity index (χ2v) is 5.53. The van der Waals surface area contributed by atoms with Crippen LogP contribution in [0.5, 0.6) is 0 Å². The van der Waals surface area contributed by atoms with E-state index in [-0.39, 0.29) is 36.4 Å². The van der Waals surface area contributed by atoms with Gasteiger partial charge >= 0.3 is 0 Å². The number of hydrogen-bond acceptors (Lipinski definition) is 2. The molecule has 1 amide bonds. The molecule has 0 fully saturated rings. The van der Waals surface area contributed by atoms with E-state index in [1.54, 1.807) is 0 Å². The molecule has 5 nitrogen and oxygen atoms in total. The van der Waals surface area contributed by atoms with Crippen molar-refractivity contribution in [2.45, 2.75) is 33.1 Å². The Hall–Kier alpha value is -1.31. The third-order valence-corrected chi connectivity index (χ3v) is 3.49. The molecule has 2 N–H and O–H groups in total. The molecule has 0 radical (unpaired) electrons. The van der Waals surface area contributed by atoms with Crippen LogP contribution in [0.4, 0.5) is 0 Å². The lowest BCUT2D eigenvalue weighted by Crippen LogP contribution is -2.40. The molecule has 1 aromatic rings. The predicted molar refractivity (Wildman–Crippen MR) is 112 cm³/mol. The van der Waals surface area contributed by atoms with Crippen molar-refractivity contribution in [2.75, 3.05) is 33.2 Å². The minimum atomic E-state index is -0.0415. The molecule has 0 aromatic heterocycles. The van der Waals surface area contributed by atoms with Gasteiger partial charge in [-0.3, -0.25) is 4.79 Å². The minimum absolute atomic E-state index is 0. The van der Waals surface area contributed by atoms with Gasteiger partial charge in [0.1, 0.15) is 6.54 Å². The first kappa shape index (κ1) is 22.7. The highest BCUT2D eigenvalue weighted by atomic mass is 127. The Morgan fingerprint density at radius 2 is 1.88 bits per heavy atom. The quantitative estimate of drug-likeness (QED) is 0.349. The van der Waals surface area contributed by atoms with Gasteiger partial charge in [-0.15, -0.1) is 24.0 Å². The van der Waals surface area contributed by atoms with Crippen molar-refractivity contribution < 1.29 is 4.79 Å². The lowest BCUT2D eigenvalue weighted by Gasteiger charge is -2.21. The van der Waals surface area contributed by atoms with E-state index in [1.165, 1.54) is 5.56 Å². The number of rotatable bonds is 9. The molecule has 0 aliphatic carbocycles. The maximum absolute atomic E-state index is 11.9. The van der Waals surface area contributed by atoms with Gasteiger partial charge in [-0.05, 0) is 25.3 Å². The molecule has 0 saturated carbocycles. The summed E-state index contributed by atoms with van der Waals surface area (Å²) in [5.41, 5.74) is 1.23. The Morgan fingerprint density at radius 1 is 1.17 bits per heavy atom. The summed E-state index contributed by atoms with van der Waals surface area (Å²) in [6, 6.07) is 10.1. The Balaban J connectivity index is 0.00000529. The molecule has 0 saturated heterocycles. The van der Waals surface area contributed by atoms with E-state index in [0.29, 0.717) is 6.54 Å². The van der Waals surface area contributed by atoms with E-state index in [9.17, 15) is 4.79 Å². The lowest BCUT2D eigenvalue weighted by molar-refractivity contribution is -0.119. The van der Waals surface area contributed by atoms with Gasteiger partial charge in [0, 0.05) is 26.7 Å². The summed E-state index contributed by atoms with van der Waals surface area (Å²) in [4.78, 5) is 18.4. The number of unbranched alkanes of at least 4 members (excludes halogenated alkanes) is 1. The fourth-order valence-corrected chi connectivity index (χ4v) is 2.16. The van der Waals surface area contributed by atoms with Crippen LogP contribution < -0.4 is 10.6 Å². The summed E-state index contributed by atoms with van der Waals surface area (Å²) >= 11 is 0. The van der Waals surface area contributed by atoms with Crippen molar-refractivity contribution in [2.24, 2.45) is 4.99 Å². The van der Waals surface area contributed by atoms with Crippen molar-refractivity contribution in [3.05, 3.63) is 35.9 Å². The molecule has 6 heteroatoms. The van der Waals surface area contributed by atoms with Crippen LogP contribution in [0.2, 0.25) is 0 Å². The van der Waals surface area contributed by atoms with Crippen LogP contribution in [0.1, 0.15) is 32.3 Å². The molecule has 0 unspecified atom stereocenters. The fourth-order valence-electron chi connectivity index (χ4n) is 2.16. The van der Waals surface area contributed by atoms with Crippen molar-refractivity contribution in [1.29, 1.82) is 0 Å². The lowest BCUT2D eigenvalue weighted by atomic mass is 10.1. The zero-order chi connectivity index (χ0) is 16.9. The van der Waals surface area contributed by atoms with Gasteiger partial charge in [-0.1, -0.05) is 43.7 Å². The first-order valence-electron chi connectivity index (χ1n) is 8.47. The maximum atomic E-state index is 11.9. The number of amides is 1. The summed E-state index contributed by atoms with van der Waals surface area (Å²) in [6.07, 6.45) is 3.10. The summed E-state index contributed by atoms with van der Waals surface area (Å²) in [6.45, 7) is 6.73. The minimum Gasteiger partial charge on any atom is -0.357 e. The smallest absolute Gasteiger partial charge is 0.241 e. The third-order valence-electron chi connectivity index (χ3n) is 3.49. The molecule has 24 heavy (non-hydrogen) atoms. The molecule has 0 heterocycles. The fraction of sp³-hybridized carbons (Fsp3) is 0.556. The van der Waals surface area contributed by atoms with E-state index in [0.717, 1.165) is 38.3 Å². The van der Waals surface area contributed by atoms with E-state index in [4.69, 9.17) is 0 Å². The molecule has 0 aliphatic heterocycles. The van der Waals surface area contributed by atoms with Gasteiger partial charge in [0.2, 0.25) is 5.91 Å². The first-order valence-corrected chi connectivity index (χ1v) is 8.47. The van der Waals surface area contributed by atoms with Gasteiger partial charge in [-0.2, -0.15) is 0 Å². The number of hydrogen-bond donors (Lipinski definition) is 2. The van der Waals surface area contributed by atoms with Gasteiger partial charge < -0.3 is 15.5 Å².